The lowest BCUT2D eigenvalue weighted by Crippen LogP contribution is -2.45. The molecule has 0 spiro atoms. The van der Waals surface area contributed by atoms with Crippen molar-refractivity contribution < 1.29 is 0 Å². The molecule has 0 saturated carbocycles. The second-order valence-corrected chi connectivity index (χ2v) is 4.53. The highest BCUT2D eigenvalue weighted by Gasteiger charge is 2.22. The molecular weight excluding hydrogens is 186 g/mol. The van der Waals surface area contributed by atoms with E-state index in [0.717, 1.165) is 26.1 Å². The van der Waals surface area contributed by atoms with Crippen molar-refractivity contribution in [2.75, 3.05) is 13.1 Å². The molecule has 15 heavy (non-hydrogen) atoms. The average molecular weight is 205 g/mol. The SMILES string of the molecule is CC1CN(Cc2cccnc2)CCC1N. The van der Waals surface area contributed by atoms with Crippen molar-refractivity contribution in [1.29, 1.82) is 0 Å². The molecule has 2 N–H and O–H groups in total. The van der Waals surface area contributed by atoms with Gasteiger partial charge in [-0.05, 0) is 30.5 Å². The van der Waals surface area contributed by atoms with Crippen LogP contribution in [0.3, 0.4) is 0 Å². The molecule has 2 atom stereocenters. The fourth-order valence-corrected chi connectivity index (χ4v) is 2.14. The van der Waals surface area contributed by atoms with E-state index in [0.29, 0.717) is 12.0 Å². The minimum Gasteiger partial charge on any atom is -0.327 e. The van der Waals surface area contributed by atoms with Gasteiger partial charge >= 0.3 is 0 Å². The Labute approximate surface area is 91.3 Å². The predicted molar refractivity (Wildman–Crippen MR) is 61.3 cm³/mol. The zero-order chi connectivity index (χ0) is 10.7. The van der Waals surface area contributed by atoms with Gasteiger partial charge in [0.25, 0.3) is 0 Å². The summed E-state index contributed by atoms with van der Waals surface area (Å²) in [5.74, 6) is 0.607. The number of nitrogens with zero attached hydrogens (tertiary/aromatic N) is 2. The first kappa shape index (κ1) is 10.6. The fourth-order valence-electron chi connectivity index (χ4n) is 2.14. The minimum atomic E-state index is 0.384. The zero-order valence-corrected chi connectivity index (χ0v) is 9.26. The van der Waals surface area contributed by atoms with Crippen molar-refractivity contribution in [3.63, 3.8) is 0 Å². The number of hydrogen-bond donors (Lipinski definition) is 1. The fraction of sp³-hybridized carbons (Fsp3) is 0.583. The van der Waals surface area contributed by atoms with Gasteiger partial charge in [-0.1, -0.05) is 13.0 Å². The highest BCUT2D eigenvalue weighted by molar-refractivity contribution is 5.08. The van der Waals surface area contributed by atoms with Gasteiger partial charge in [0.2, 0.25) is 0 Å². The molecule has 1 aliphatic heterocycles. The molecule has 82 valence electrons. The Hall–Kier alpha value is -0.930. The Morgan fingerprint density at radius 3 is 3.13 bits per heavy atom. The van der Waals surface area contributed by atoms with Crippen LogP contribution in [-0.4, -0.2) is 29.0 Å². The third-order valence-electron chi connectivity index (χ3n) is 3.18. The van der Waals surface area contributed by atoms with Gasteiger partial charge in [0.15, 0.2) is 0 Å². The maximum atomic E-state index is 5.99. The van der Waals surface area contributed by atoms with Crippen LogP contribution in [0, 0.1) is 5.92 Å². The number of rotatable bonds is 2. The number of piperidine rings is 1. The number of hydrogen-bond acceptors (Lipinski definition) is 3. The van der Waals surface area contributed by atoms with E-state index in [4.69, 9.17) is 5.73 Å². The Balaban J connectivity index is 1.91. The summed E-state index contributed by atoms with van der Waals surface area (Å²) in [5.41, 5.74) is 7.29. The zero-order valence-electron chi connectivity index (χ0n) is 9.26. The van der Waals surface area contributed by atoms with Gasteiger partial charge in [0.05, 0.1) is 0 Å². The summed E-state index contributed by atoms with van der Waals surface area (Å²) < 4.78 is 0. The van der Waals surface area contributed by atoms with Crippen molar-refractivity contribution in [2.45, 2.75) is 25.9 Å². The molecule has 3 heteroatoms. The van der Waals surface area contributed by atoms with E-state index in [1.807, 2.05) is 18.5 Å². The second-order valence-electron chi connectivity index (χ2n) is 4.53. The van der Waals surface area contributed by atoms with Crippen molar-refractivity contribution in [3.8, 4) is 0 Å². The Bertz CT molecular complexity index is 299. The summed E-state index contributed by atoms with van der Waals surface area (Å²) in [4.78, 5) is 6.60. The number of likely N-dealkylation sites (tertiary alicyclic amines) is 1. The lowest BCUT2D eigenvalue weighted by atomic mass is 9.94. The number of pyridine rings is 1. The molecule has 2 heterocycles. The van der Waals surface area contributed by atoms with Crippen LogP contribution in [0.2, 0.25) is 0 Å². The van der Waals surface area contributed by atoms with E-state index in [9.17, 15) is 0 Å². The first-order chi connectivity index (χ1) is 7.25. The molecule has 0 aromatic carbocycles. The first-order valence-corrected chi connectivity index (χ1v) is 5.62. The van der Waals surface area contributed by atoms with Gasteiger partial charge in [-0.15, -0.1) is 0 Å². The van der Waals surface area contributed by atoms with Gasteiger partial charge in [-0.3, -0.25) is 9.88 Å². The van der Waals surface area contributed by atoms with Gasteiger partial charge in [0.1, 0.15) is 0 Å². The van der Waals surface area contributed by atoms with Crippen LogP contribution in [-0.2, 0) is 6.54 Å². The largest absolute Gasteiger partial charge is 0.327 e. The third kappa shape index (κ3) is 2.76. The summed E-state index contributed by atoms with van der Waals surface area (Å²) in [5, 5.41) is 0. The minimum absolute atomic E-state index is 0.384. The molecule has 1 saturated heterocycles. The van der Waals surface area contributed by atoms with Crippen molar-refractivity contribution >= 4 is 0 Å². The van der Waals surface area contributed by atoms with E-state index in [1.54, 1.807) is 0 Å². The highest BCUT2D eigenvalue weighted by atomic mass is 15.1. The summed E-state index contributed by atoms with van der Waals surface area (Å²) in [6.07, 6.45) is 4.87. The third-order valence-corrected chi connectivity index (χ3v) is 3.18. The summed E-state index contributed by atoms with van der Waals surface area (Å²) >= 11 is 0. The molecule has 1 aromatic heterocycles. The maximum absolute atomic E-state index is 5.99. The molecule has 2 rings (SSSR count). The Kier molecular flexibility index (Phi) is 3.34. The average Bonchev–Trinajstić information content (AvgIpc) is 2.25. The quantitative estimate of drug-likeness (QED) is 0.790. The lowest BCUT2D eigenvalue weighted by molar-refractivity contribution is 0.157. The van der Waals surface area contributed by atoms with Gasteiger partial charge < -0.3 is 5.73 Å². The highest BCUT2D eigenvalue weighted by Crippen LogP contribution is 2.16. The molecule has 2 unspecified atom stereocenters. The van der Waals surface area contributed by atoms with Crippen LogP contribution in [0.4, 0.5) is 0 Å². The van der Waals surface area contributed by atoms with Crippen molar-refractivity contribution in [1.82, 2.24) is 9.88 Å². The molecule has 1 aliphatic rings. The molecule has 1 aromatic rings. The topological polar surface area (TPSA) is 42.2 Å². The lowest BCUT2D eigenvalue weighted by Gasteiger charge is -2.34. The van der Waals surface area contributed by atoms with Crippen molar-refractivity contribution in [3.05, 3.63) is 30.1 Å². The van der Waals surface area contributed by atoms with Crippen molar-refractivity contribution in [2.24, 2.45) is 11.7 Å². The van der Waals surface area contributed by atoms with E-state index in [-0.39, 0.29) is 0 Å². The summed E-state index contributed by atoms with van der Waals surface area (Å²) in [6.45, 7) is 5.46. The number of aromatic nitrogens is 1. The van der Waals surface area contributed by atoms with Crippen LogP contribution in [0.25, 0.3) is 0 Å². The van der Waals surface area contributed by atoms with Crippen LogP contribution in [0.1, 0.15) is 18.9 Å². The molecule has 1 fully saturated rings. The van der Waals surface area contributed by atoms with Crippen LogP contribution in [0.15, 0.2) is 24.5 Å². The molecule has 0 amide bonds. The van der Waals surface area contributed by atoms with Gasteiger partial charge in [0, 0.05) is 31.5 Å². The smallest absolute Gasteiger partial charge is 0.0312 e. The monoisotopic (exact) mass is 205 g/mol. The van der Waals surface area contributed by atoms with Crippen LogP contribution in [0.5, 0.6) is 0 Å². The predicted octanol–water partition coefficient (Wildman–Crippen LogP) is 1.25. The van der Waals surface area contributed by atoms with Crippen LogP contribution < -0.4 is 5.73 Å². The Morgan fingerprint density at radius 1 is 1.60 bits per heavy atom. The standard InChI is InChI=1S/C12H19N3/c1-10-8-15(6-4-12(10)13)9-11-3-2-5-14-7-11/h2-3,5,7,10,12H,4,6,8-9,13H2,1H3. The summed E-state index contributed by atoms with van der Waals surface area (Å²) in [6, 6.07) is 4.51. The molecular formula is C12H19N3. The van der Waals surface area contributed by atoms with E-state index in [2.05, 4.69) is 22.9 Å². The molecule has 0 radical (unpaired) electrons. The van der Waals surface area contributed by atoms with Crippen LogP contribution >= 0.6 is 0 Å². The normalized spacial score (nSPS) is 27.9. The molecule has 0 bridgehead atoms. The Morgan fingerprint density at radius 2 is 2.47 bits per heavy atom. The molecule has 0 aliphatic carbocycles. The van der Waals surface area contributed by atoms with E-state index >= 15 is 0 Å². The first-order valence-electron chi connectivity index (χ1n) is 5.62. The van der Waals surface area contributed by atoms with Gasteiger partial charge in [-0.2, -0.15) is 0 Å². The second kappa shape index (κ2) is 4.73. The molecule has 3 nitrogen and oxygen atoms in total. The summed E-state index contributed by atoms with van der Waals surface area (Å²) in [7, 11) is 0. The number of nitrogens with two attached hydrogens (primary N) is 1. The van der Waals surface area contributed by atoms with Gasteiger partial charge in [-0.25, -0.2) is 0 Å². The van der Waals surface area contributed by atoms with E-state index in [1.165, 1.54) is 5.56 Å². The van der Waals surface area contributed by atoms with E-state index < -0.39 is 0 Å². The maximum Gasteiger partial charge on any atom is 0.0312 e.